The second-order valence-corrected chi connectivity index (χ2v) is 5.53. The van der Waals surface area contributed by atoms with Crippen LogP contribution in [0.25, 0.3) is 0 Å². The number of benzene rings is 1. The summed E-state index contributed by atoms with van der Waals surface area (Å²) in [6.45, 7) is 4.03. The molecule has 0 aromatic heterocycles. The summed E-state index contributed by atoms with van der Waals surface area (Å²) in [5.74, 6) is 0.214. The van der Waals surface area contributed by atoms with E-state index in [-0.39, 0.29) is 5.82 Å². The number of nitrogens with zero attached hydrogens (tertiary/aromatic N) is 1. The minimum absolute atomic E-state index is 0.331. The van der Waals surface area contributed by atoms with Gasteiger partial charge >= 0.3 is 0 Å². The lowest BCUT2D eigenvalue weighted by molar-refractivity contribution is 0.0409. The summed E-state index contributed by atoms with van der Waals surface area (Å²) >= 11 is 0. The molecule has 1 saturated heterocycles. The van der Waals surface area contributed by atoms with Crippen LogP contribution >= 0.6 is 0 Å². The number of halogens is 1. The monoisotopic (exact) mass is 257 g/mol. The Hall–Kier alpha value is -0.780. The van der Waals surface area contributed by atoms with Gasteiger partial charge in [0.2, 0.25) is 0 Å². The molecule has 0 aliphatic carbocycles. The minimum Gasteiger partial charge on any atom is -0.379 e. The minimum atomic E-state index is -1.12. The fourth-order valence-corrected chi connectivity index (χ4v) is 2.90. The average molecular weight is 257 g/mol. The first-order valence-corrected chi connectivity index (χ1v) is 7.01. The molecule has 0 N–H and O–H groups in total. The molecule has 1 fully saturated rings. The van der Waals surface area contributed by atoms with Gasteiger partial charge in [-0.05, 0) is 18.2 Å². The maximum Gasteiger partial charge on any atom is 0.124 e. The van der Waals surface area contributed by atoms with Crippen LogP contribution in [0.2, 0.25) is 0 Å². The highest BCUT2D eigenvalue weighted by molar-refractivity contribution is 7.85. The van der Waals surface area contributed by atoms with Gasteiger partial charge in [0.05, 0.1) is 24.0 Å². The molecule has 0 saturated carbocycles. The summed E-state index contributed by atoms with van der Waals surface area (Å²) in [5.41, 5.74) is 0. The van der Waals surface area contributed by atoms with E-state index in [1.807, 2.05) is 0 Å². The Kier molecular flexibility index (Phi) is 4.65. The van der Waals surface area contributed by atoms with Crippen molar-refractivity contribution in [2.75, 3.05) is 38.6 Å². The van der Waals surface area contributed by atoms with Gasteiger partial charge in [-0.25, -0.2) is 4.39 Å². The summed E-state index contributed by atoms with van der Waals surface area (Å²) in [6, 6.07) is 6.01. The number of rotatable bonds is 4. The van der Waals surface area contributed by atoms with Gasteiger partial charge in [0.1, 0.15) is 5.82 Å². The molecule has 1 atom stereocenters. The smallest absolute Gasteiger partial charge is 0.124 e. The van der Waals surface area contributed by atoms with Crippen molar-refractivity contribution in [1.29, 1.82) is 0 Å². The molecule has 0 bridgehead atoms. The van der Waals surface area contributed by atoms with Gasteiger partial charge in [0, 0.05) is 30.3 Å². The zero-order valence-electron chi connectivity index (χ0n) is 9.60. The van der Waals surface area contributed by atoms with Crippen LogP contribution in [0.1, 0.15) is 0 Å². The summed E-state index contributed by atoms with van der Waals surface area (Å²) in [4.78, 5) is 2.79. The first kappa shape index (κ1) is 12.7. The molecular weight excluding hydrogens is 241 g/mol. The molecule has 1 aromatic carbocycles. The third-order valence-corrected chi connectivity index (χ3v) is 4.09. The van der Waals surface area contributed by atoms with E-state index in [1.165, 1.54) is 12.1 Å². The van der Waals surface area contributed by atoms with Gasteiger partial charge in [-0.2, -0.15) is 0 Å². The van der Waals surface area contributed by atoms with Crippen LogP contribution in [0.3, 0.4) is 0 Å². The molecule has 17 heavy (non-hydrogen) atoms. The highest BCUT2D eigenvalue weighted by Crippen LogP contribution is 2.09. The normalized spacial score (nSPS) is 19.1. The van der Waals surface area contributed by atoms with E-state index in [4.69, 9.17) is 4.74 Å². The van der Waals surface area contributed by atoms with E-state index in [1.54, 1.807) is 12.1 Å². The van der Waals surface area contributed by atoms with Gasteiger partial charge in [0.15, 0.2) is 0 Å². The van der Waals surface area contributed by atoms with Crippen LogP contribution in [0, 0.1) is 5.82 Å². The van der Waals surface area contributed by atoms with Crippen molar-refractivity contribution in [3.8, 4) is 0 Å². The third kappa shape index (κ3) is 3.87. The van der Waals surface area contributed by atoms with Gasteiger partial charge in [-0.15, -0.1) is 0 Å². The molecule has 3 nitrogen and oxygen atoms in total. The predicted molar refractivity (Wildman–Crippen MR) is 64.9 cm³/mol. The van der Waals surface area contributed by atoms with E-state index in [2.05, 4.69) is 4.90 Å². The standard InChI is InChI=1S/C12H16FNO2S/c13-11-2-1-3-12(10-11)17(15)9-6-14-4-7-16-8-5-14/h1-3,10H,4-9H2. The molecule has 1 unspecified atom stereocenters. The van der Waals surface area contributed by atoms with Crippen molar-refractivity contribution in [1.82, 2.24) is 4.90 Å². The van der Waals surface area contributed by atoms with E-state index in [0.29, 0.717) is 10.6 Å². The first-order valence-electron chi connectivity index (χ1n) is 5.70. The molecule has 0 spiro atoms. The third-order valence-electron chi connectivity index (χ3n) is 2.76. The quantitative estimate of drug-likeness (QED) is 0.813. The van der Waals surface area contributed by atoms with Crippen LogP contribution in [-0.2, 0) is 15.5 Å². The highest BCUT2D eigenvalue weighted by Gasteiger charge is 2.12. The first-order chi connectivity index (χ1) is 8.25. The summed E-state index contributed by atoms with van der Waals surface area (Å²) in [7, 11) is -1.12. The molecule has 5 heteroatoms. The Bertz CT molecular complexity index is 394. The number of hydrogen-bond donors (Lipinski definition) is 0. The molecule has 0 radical (unpaired) electrons. The van der Waals surface area contributed by atoms with E-state index in [9.17, 15) is 8.60 Å². The lowest BCUT2D eigenvalue weighted by Gasteiger charge is -2.26. The zero-order valence-corrected chi connectivity index (χ0v) is 10.4. The molecule has 1 aliphatic heterocycles. The highest BCUT2D eigenvalue weighted by atomic mass is 32.2. The Morgan fingerprint density at radius 1 is 1.35 bits per heavy atom. The van der Waals surface area contributed by atoms with E-state index in [0.717, 1.165) is 32.8 Å². The Morgan fingerprint density at radius 3 is 2.82 bits per heavy atom. The van der Waals surface area contributed by atoms with Crippen molar-refractivity contribution >= 4 is 10.8 Å². The summed E-state index contributed by atoms with van der Waals surface area (Å²) in [6.07, 6.45) is 0. The lowest BCUT2D eigenvalue weighted by atomic mass is 10.4. The van der Waals surface area contributed by atoms with Crippen LogP contribution in [0.15, 0.2) is 29.2 Å². The maximum absolute atomic E-state index is 13.0. The second kappa shape index (κ2) is 6.23. The largest absolute Gasteiger partial charge is 0.379 e. The second-order valence-electron chi connectivity index (χ2n) is 3.96. The van der Waals surface area contributed by atoms with Crippen LogP contribution < -0.4 is 0 Å². The van der Waals surface area contributed by atoms with Crippen LogP contribution in [0.5, 0.6) is 0 Å². The number of ether oxygens (including phenoxy) is 1. The van der Waals surface area contributed by atoms with Gasteiger partial charge < -0.3 is 4.74 Å². The van der Waals surface area contributed by atoms with Crippen molar-refractivity contribution in [3.05, 3.63) is 30.1 Å². The predicted octanol–water partition coefficient (Wildman–Crippen LogP) is 1.27. The maximum atomic E-state index is 13.0. The van der Waals surface area contributed by atoms with Crippen molar-refractivity contribution in [2.24, 2.45) is 0 Å². The van der Waals surface area contributed by atoms with Crippen molar-refractivity contribution in [3.63, 3.8) is 0 Å². The molecule has 0 amide bonds. The van der Waals surface area contributed by atoms with Gasteiger partial charge in [0.25, 0.3) is 0 Å². The van der Waals surface area contributed by atoms with Crippen LogP contribution in [0.4, 0.5) is 4.39 Å². The fraction of sp³-hybridized carbons (Fsp3) is 0.500. The topological polar surface area (TPSA) is 29.5 Å². The van der Waals surface area contributed by atoms with Crippen molar-refractivity contribution in [2.45, 2.75) is 4.90 Å². The van der Waals surface area contributed by atoms with E-state index < -0.39 is 10.8 Å². The Balaban J connectivity index is 1.84. The molecular formula is C12H16FNO2S. The van der Waals surface area contributed by atoms with Crippen molar-refractivity contribution < 1.29 is 13.3 Å². The molecule has 1 heterocycles. The lowest BCUT2D eigenvalue weighted by Crippen LogP contribution is -2.38. The SMILES string of the molecule is O=S(CCN1CCOCC1)c1cccc(F)c1. The van der Waals surface area contributed by atoms with Gasteiger partial charge in [-0.3, -0.25) is 9.11 Å². The van der Waals surface area contributed by atoms with Gasteiger partial charge in [-0.1, -0.05) is 6.07 Å². The van der Waals surface area contributed by atoms with E-state index >= 15 is 0 Å². The number of morpholine rings is 1. The summed E-state index contributed by atoms with van der Waals surface area (Å²) < 4.78 is 30.1. The molecule has 94 valence electrons. The summed E-state index contributed by atoms with van der Waals surface area (Å²) in [5, 5.41) is 0. The molecule has 1 aromatic rings. The number of hydrogen-bond acceptors (Lipinski definition) is 3. The average Bonchev–Trinajstić information content (AvgIpc) is 2.37. The van der Waals surface area contributed by atoms with Crippen LogP contribution in [-0.4, -0.2) is 47.7 Å². The fourth-order valence-electron chi connectivity index (χ4n) is 1.76. The Labute approximate surface area is 103 Å². The Morgan fingerprint density at radius 2 is 2.12 bits per heavy atom. The zero-order chi connectivity index (χ0) is 12.1. The molecule has 1 aliphatic rings. The molecule has 2 rings (SSSR count).